The predicted molar refractivity (Wildman–Crippen MR) is 111 cm³/mol. The van der Waals surface area contributed by atoms with E-state index in [0.29, 0.717) is 27.8 Å². The lowest BCUT2D eigenvalue weighted by Crippen LogP contribution is -2.44. The lowest BCUT2D eigenvalue weighted by atomic mass is 10.0. The molecule has 3 amide bonds. The Morgan fingerprint density at radius 3 is 2.41 bits per heavy atom. The number of hydrogen-bond acceptors (Lipinski definition) is 4. The molecule has 0 saturated carbocycles. The van der Waals surface area contributed by atoms with E-state index in [9.17, 15) is 9.59 Å². The van der Waals surface area contributed by atoms with Gasteiger partial charge in [-0.25, -0.2) is 15.2 Å². The number of nitrogens with one attached hydrogen (secondary N) is 3. The lowest BCUT2D eigenvalue weighted by Gasteiger charge is -2.12. The second kappa shape index (κ2) is 8.18. The molecule has 0 bridgehead atoms. The SMILES string of the molecule is O=C(NNC(=O)c1cc(-c2cccnc2)nc2ccccc12)Nc1ccccc1. The number of rotatable bonds is 3. The maximum atomic E-state index is 12.8. The average molecular weight is 383 g/mol. The highest BCUT2D eigenvalue weighted by Gasteiger charge is 2.14. The number of fused-ring (bicyclic) bond motifs is 1. The maximum absolute atomic E-state index is 12.8. The number of urea groups is 1. The molecule has 2 aromatic carbocycles. The van der Waals surface area contributed by atoms with Crippen LogP contribution in [0.3, 0.4) is 0 Å². The Morgan fingerprint density at radius 2 is 1.62 bits per heavy atom. The van der Waals surface area contributed by atoms with Crippen LogP contribution in [-0.4, -0.2) is 21.9 Å². The Hall–Kier alpha value is -4.26. The molecule has 0 atom stereocenters. The predicted octanol–water partition coefficient (Wildman–Crippen LogP) is 3.76. The molecule has 0 fully saturated rings. The van der Waals surface area contributed by atoms with Crippen molar-refractivity contribution in [3.63, 3.8) is 0 Å². The molecule has 3 N–H and O–H groups in total. The Bertz CT molecular complexity index is 1160. The van der Waals surface area contributed by atoms with Gasteiger partial charge in [-0.2, -0.15) is 0 Å². The van der Waals surface area contributed by atoms with Gasteiger partial charge in [-0.3, -0.25) is 15.2 Å². The molecular weight excluding hydrogens is 366 g/mol. The highest BCUT2D eigenvalue weighted by atomic mass is 16.2. The fourth-order valence-corrected chi connectivity index (χ4v) is 2.89. The van der Waals surface area contributed by atoms with Gasteiger partial charge >= 0.3 is 6.03 Å². The second-order valence-electron chi connectivity index (χ2n) is 6.21. The third-order valence-electron chi connectivity index (χ3n) is 4.24. The van der Waals surface area contributed by atoms with Gasteiger partial charge in [0.15, 0.2) is 0 Å². The summed E-state index contributed by atoms with van der Waals surface area (Å²) < 4.78 is 0. The highest BCUT2D eigenvalue weighted by Crippen LogP contribution is 2.24. The Morgan fingerprint density at radius 1 is 0.828 bits per heavy atom. The summed E-state index contributed by atoms with van der Waals surface area (Å²) in [6.45, 7) is 0. The zero-order valence-corrected chi connectivity index (χ0v) is 15.3. The van der Waals surface area contributed by atoms with Gasteiger partial charge in [0.25, 0.3) is 5.91 Å². The Labute approximate surface area is 166 Å². The number of aromatic nitrogens is 2. The van der Waals surface area contributed by atoms with Gasteiger partial charge in [0.1, 0.15) is 0 Å². The van der Waals surface area contributed by atoms with Gasteiger partial charge in [-0.05, 0) is 36.4 Å². The maximum Gasteiger partial charge on any atom is 0.337 e. The smallest absolute Gasteiger partial charge is 0.307 e. The van der Waals surface area contributed by atoms with E-state index in [1.54, 1.807) is 48.8 Å². The van der Waals surface area contributed by atoms with E-state index in [2.05, 4.69) is 26.1 Å². The summed E-state index contributed by atoms with van der Waals surface area (Å²) in [5, 5.41) is 3.32. The largest absolute Gasteiger partial charge is 0.337 e. The summed E-state index contributed by atoms with van der Waals surface area (Å²) in [5.74, 6) is -0.447. The molecule has 0 saturated heterocycles. The molecule has 2 heterocycles. The van der Waals surface area contributed by atoms with Crippen molar-refractivity contribution >= 4 is 28.5 Å². The minimum Gasteiger partial charge on any atom is -0.307 e. The van der Waals surface area contributed by atoms with E-state index in [1.165, 1.54) is 0 Å². The zero-order valence-electron chi connectivity index (χ0n) is 15.3. The van der Waals surface area contributed by atoms with Crippen LogP contribution in [0.1, 0.15) is 10.4 Å². The van der Waals surface area contributed by atoms with E-state index in [0.717, 1.165) is 5.56 Å². The average Bonchev–Trinajstić information content (AvgIpc) is 2.78. The first kappa shape index (κ1) is 18.1. The summed E-state index contributed by atoms with van der Waals surface area (Å²) in [7, 11) is 0. The van der Waals surface area contributed by atoms with Crippen LogP contribution < -0.4 is 16.2 Å². The van der Waals surface area contributed by atoms with Crippen LogP contribution in [0.5, 0.6) is 0 Å². The number of pyridine rings is 2. The van der Waals surface area contributed by atoms with Crippen molar-refractivity contribution < 1.29 is 9.59 Å². The van der Waals surface area contributed by atoms with E-state index in [1.807, 2.05) is 36.4 Å². The number of para-hydroxylation sites is 2. The molecule has 0 spiro atoms. The van der Waals surface area contributed by atoms with Gasteiger partial charge in [-0.15, -0.1) is 0 Å². The second-order valence-corrected chi connectivity index (χ2v) is 6.21. The van der Waals surface area contributed by atoms with E-state index >= 15 is 0 Å². The number of nitrogens with zero attached hydrogens (tertiary/aromatic N) is 2. The number of anilines is 1. The normalized spacial score (nSPS) is 10.3. The van der Waals surface area contributed by atoms with Crippen LogP contribution in [0.25, 0.3) is 22.2 Å². The molecule has 7 heteroatoms. The number of hydrogen-bond donors (Lipinski definition) is 3. The van der Waals surface area contributed by atoms with Crippen molar-refractivity contribution in [2.75, 3.05) is 5.32 Å². The summed E-state index contributed by atoms with van der Waals surface area (Å²) in [6, 6.07) is 21.1. The molecule has 4 rings (SSSR count). The van der Waals surface area contributed by atoms with Crippen LogP contribution in [0, 0.1) is 0 Å². The minimum absolute atomic E-state index is 0.398. The molecular formula is C22H17N5O2. The third kappa shape index (κ3) is 4.19. The van der Waals surface area contributed by atoms with Crippen molar-refractivity contribution in [3.05, 3.63) is 90.8 Å². The summed E-state index contributed by atoms with van der Waals surface area (Å²) in [6.07, 6.45) is 3.36. The fraction of sp³-hybridized carbons (Fsp3) is 0. The number of carbonyl (C=O) groups excluding carboxylic acids is 2. The molecule has 0 unspecified atom stereocenters. The summed E-state index contributed by atoms with van der Waals surface area (Å²) >= 11 is 0. The standard InChI is InChI=1S/C22H17N5O2/c28-21(26-27-22(29)24-16-8-2-1-3-9-16)18-13-20(15-7-6-12-23-14-15)25-19-11-5-4-10-17(18)19/h1-14H,(H,26,28)(H2,24,27,29). The molecule has 29 heavy (non-hydrogen) atoms. The number of carbonyl (C=O) groups is 2. The Kier molecular flexibility index (Phi) is 5.11. The summed E-state index contributed by atoms with van der Waals surface area (Å²) in [5.41, 5.74) is 7.92. The quantitative estimate of drug-likeness (QED) is 0.469. The van der Waals surface area contributed by atoms with E-state index in [-0.39, 0.29) is 0 Å². The van der Waals surface area contributed by atoms with Gasteiger partial charge in [0, 0.05) is 29.0 Å². The van der Waals surface area contributed by atoms with Crippen molar-refractivity contribution in [2.45, 2.75) is 0 Å². The summed E-state index contributed by atoms with van der Waals surface area (Å²) in [4.78, 5) is 33.6. The van der Waals surface area contributed by atoms with Crippen molar-refractivity contribution in [1.82, 2.24) is 20.8 Å². The van der Waals surface area contributed by atoms with Crippen molar-refractivity contribution in [1.29, 1.82) is 0 Å². The van der Waals surface area contributed by atoms with E-state index in [4.69, 9.17) is 0 Å². The fourth-order valence-electron chi connectivity index (χ4n) is 2.89. The van der Waals surface area contributed by atoms with Crippen LogP contribution in [0.4, 0.5) is 10.5 Å². The topological polar surface area (TPSA) is 96.0 Å². The van der Waals surface area contributed by atoms with Crippen LogP contribution in [-0.2, 0) is 0 Å². The van der Waals surface area contributed by atoms with Crippen molar-refractivity contribution in [2.24, 2.45) is 0 Å². The van der Waals surface area contributed by atoms with Gasteiger partial charge < -0.3 is 5.32 Å². The number of hydrazine groups is 1. The molecule has 0 radical (unpaired) electrons. The molecule has 142 valence electrons. The lowest BCUT2D eigenvalue weighted by molar-refractivity contribution is 0.0939. The van der Waals surface area contributed by atoms with Crippen molar-refractivity contribution in [3.8, 4) is 11.3 Å². The molecule has 2 aromatic heterocycles. The molecule has 0 aliphatic rings. The molecule has 4 aromatic rings. The van der Waals surface area contributed by atoms with Gasteiger partial charge in [-0.1, -0.05) is 36.4 Å². The third-order valence-corrected chi connectivity index (χ3v) is 4.24. The first-order valence-electron chi connectivity index (χ1n) is 8.93. The molecule has 7 nitrogen and oxygen atoms in total. The van der Waals surface area contributed by atoms with Gasteiger partial charge in [0.2, 0.25) is 0 Å². The number of amides is 3. The van der Waals surface area contributed by atoms with E-state index < -0.39 is 11.9 Å². The molecule has 0 aliphatic heterocycles. The Balaban J connectivity index is 1.57. The first-order valence-corrected chi connectivity index (χ1v) is 8.93. The van der Waals surface area contributed by atoms with Gasteiger partial charge in [0.05, 0.1) is 16.8 Å². The van der Waals surface area contributed by atoms with Crippen LogP contribution >= 0.6 is 0 Å². The minimum atomic E-state index is -0.546. The molecule has 0 aliphatic carbocycles. The monoisotopic (exact) mass is 383 g/mol. The number of benzene rings is 2. The first-order chi connectivity index (χ1) is 14.2. The zero-order chi connectivity index (χ0) is 20.1. The van der Waals surface area contributed by atoms with Crippen LogP contribution in [0.15, 0.2) is 85.2 Å². The highest BCUT2D eigenvalue weighted by molar-refractivity contribution is 6.07. The van der Waals surface area contributed by atoms with Crippen LogP contribution in [0.2, 0.25) is 0 Å².